The van der Waals surface area contributed by atoms with Crippen LogP contribution in [0.2, 0.25) is 0 Å². The van der Waals surface area contributed by atoms with Gasteiger partial charge < -0.3 is 10.1 Å². The van der Waals surface area contributed by atoms with Crippen LogP contribution in [-0.4, -0.2) is 70.9 Å². The lowest BCUT2D eigenvalue weighted by Crippen LogP contribution is -2.55. The van der Waals surface area contributed by atoms with Crippen LogP contribution >= 0.6 is 0 Å². The third-order valence-corrected chi connectivity index (χ3v) is 3.74. The van der Waals surface area contributed by atoms with Gasteiger partial charge in [0, 0.05) is 26.2 Å². The van der Waals surface area contributed by atoms with Gasteiger partial charge in [-0.3, -0.25) is 9.69 Å². The van der Waals surface area contributed by atoms with E-state index in [1.165, 1.54) is 9.58 Å². The largest absolute Gasteiger partial charge is 0.405 e. The molecule has 1 fully saturated rings. The highest BCUT2D eigenvalue weighted by Gasteiger charge is 2.44. The van der Waals surface area contributed by atoms with Gasteiger partial charge in [0.1, 0.15) is 11.7 Å². The molecule has 2 rings (SSSR count). The Labute approximate surface area is 131 Å². The molecule has 1 amide bonds. The zero-order chi connectivity index (χ0) is 17.0. The number of halogens is 3. The smallest absolute Gasteiger partial charge is 0.379 e. The summed E-state index contributed by atoms with van der Waals surface area (Å²) in [6.07, 6.45) is -4.43. The molecule has 0 saturated carbocycles. The molecular formula is C13H20F3N5O2. The van der Waals surface area contributed by atoms with Crippen molar-refractivity contribution in [2.45, 2.75) is 32.6 Å². The number of hydrogen-bond donors (Lipinski definition) is 1. The Kier molecular flexibility index (Phi) is 5.58. The van der Waals surface area contributed by atoms with Crippen molar-refractivity contribution in [1.29, 1.82) is 0 Å². The fourth-order valence-electron chi connectivity index (χ4n) is 2.52. The summed E-state index contributed by atoms with van der Waals surface area (Å²) in [6, 6.07) is -1.73. The van der Waals surface area contributed by atoms with Gasteiger partial charge in [0.15, 0.2) is 0 Å². The maximum atomic E-state index is 13.3. The summed E-state index contributed by atoms with van der Waals surface area (Å²) in [5.41, 5.74) is 0.578. The van der Waals surface area contributed by atoms with Gasteiger partial charge in [-0.2, -0.15) is 13.2 Å². The van der Waals surface area contributed by atoms with Crippen LogP contribution in [0.1, 0.15) is 23.1 Å². The SMILES string of the molecule is CCn1nnc(C)c1C(=O)NCC(N1CCOCC1)C(F)(F)F. The van der Waals surface area contributed by atoms with E-state index in [4.69, 9.17) is 4.74 Å². The third-order valence-electron chi connectivity index (χ3n) is 3.74. The van der Waals surface area contributed by atoms with Crippen LogP contribution in [0.4, 0.5) is 13.2 Å². The first-order chi connectivity index (χ1) is 10.8. The van der Waals surface area contributed by atoms with Crippen molar-refractivity contribution >= 4 is 5.91 Å². The molecule has 1 aliphatic rings. The Morgan fingerprint density at radius 3 is 2.61 bits per heavy atom. The van der Waals surface area contributed by atoms with Gasteiger partial charge in [0.25, 0.3) is 5.91 Å². The molecule has 7 nitrogen and oxygen atoms in total. The number of morpholine rings is 1. The van der Waals surface area contributed by atoms with Crippen LogP contribution in [-0.2, 0) is 11.3 Å². The van der Waals surface area contributed by atoms with Crippen molar-refractivity contribution < 1.29 is 22.7 Å². The van der Waals surface area contributed by atoms with Crippen molar-refractivity contribution in [3.63, 3.8) is 0 Å². The molecule has 1 aromatic rings. The topological polar surface area (TPSA) is 72.3 Å². The summed E-state index contributed by atoms with van der Waals surface area (Å²) in [4.78, 5) is 13.5. The van der Waals surface area contributed by atoms with Gasteiger partial charge in [0.05, 0.1) is 18.9 Å². The molecule has 0 aliphatic carbocycles. The summed E-state index contributed by atoms with van der Waals surface area (Å²) in [7, 11) is 0. The summed E-state index contributed by atoms with van der Waals surface area (Å²) in [5.74, 6) is -0.600. The minimum Gasteiger partial charge on any atom is -0.379 e. The number of rotatable bonds is 5. The van der Waals surface area contributed by atoms with Gasteiger partial charge >= 0.3 is 6.18 Å². The molecule has 1 aliphatic heterocycles. The average molecular weight is 335 g/mol. The number of aromatic nitrogens is 3. The number of carbonyl (C=O) groups is 1. The molecule has 0 radical (unpaired) electrons. The van der Waals surface area contributed by atoms with E-state index in [0.29, 0.717) is 12.2 Å². The van der Waals surface area contributed by atoms with Crippen LogP contribution < -0.4 is 5.32 Å². The number of aryl methyl sites for hydroxylation is 2. The molecule has 0 bridgehead atoms. The molecule has 1 unspecified atom stereocenters. The summed E-state index contributed by atoms with van der Waals surface area (Å²) < 4.78 is 46.2. The van der Waals surface area contributed by atoms with Crippen molar-refractivity contribution in [2.24, 2.45) is 0 Å². The molecule has 1 saturated heterocycles. The lowest BCUT2D eigenvalue weighted by atomic mass is 10.2. The van der Waals surface area contributed by atoms with E-state index in [1.54, 1.807) is 13.8 Å². The summed E-state index contributed by atoms with van der Waals surface area (Å²) in [6.45, 7) is 4.15. The number of nitrogens with zero attached hydrogens (tertiary/aromatic N) is 4. The first-order valence-corrected chi connectivity index (χ1v) is 7.41. The van der Waals surface area contributed by atoms with Crippen molar-refractivity contribution in [3.05, 3.63) is 11.4 Å². The van der Waals surface area contributed by atoms with Crippen molar-refractivity contribution in [2.75, 3.05) is 32.8 Å². The Balaban J connectivity index is 2.05. The second kappa shape index (κ2) is 7.26. The van der Waals surface area contributed by atoms with Crippen LogP contribution in [0.3, 0.4) is 0 Å². The second-order valence-electron chi connectivity index (χ2n) is 5.25. The Morgan fingerprint density at radius 1 is 1.39 bits per heavy atom. The third kappa shape index (κ3) is 4.20. The van der Waals surface area contributed by atoms with Gasteiger partial charge in [-0.25, -0.2) is 4.68 Å². The first-order valence-electron chi connectivity index (χ1n) is 7.41. The number of ether oxygens (including phenoxy) is 1. The van der Waals surface area contributed by atoms with E-state index in [-0.39, 0.29) is 32.0 Å². The molecule has 1 N–H and O–H groups in total. The van der Waals surface area contributed by atoms with Gasteiger partial charge in [-0.05, 0) is 13.8 Å². The molecular weight excluding hydrogens is 315 g/mol. The standard InChI is InChI=1S/C13H20F3N5O2/c1-3-21-11(9(2)18-19-21)12(22)17-8-10(13(14,15)16)20-4-6-23-7-5-20/h10H,3-8H2,1-2H3,(H,17,22). The first kappa shape index (κ1) is 17.7. The van der Waals surface area contributed by atoms with Crippen molar-refractivity contribution in [1.82, 2.24) is 25.2 Å². The fourth-order valence-corrected chi connectivity index (χ4v) is 2.52. The van der Waals surface area contributed by atoms with Gasteiger partial charge in [0.2, 0.25) is 0 Å². The quantitative estimate of drug-likeness (QED) is 0.853. The predicted octanol–water partition coefficient (Wildman–Crippen LogP) is 0.599. The Bertz CT molecular complexity index is 540. The predicted molar refractivity (Wildman–Crippen MR) is 75.0 cm³/mol. The number of carbonyl (C=O) groups excluding carboxylic acids is 1. The normalized spacial score (nSPS) is 18.0. The van der Waals surface area contributed by atoms with E-state index in [9.17, 15) is 18.0 Å². The van der Waals surface area contributed by atoms with Gasteiger partial charge in [-0.1, -0.05) is 5.21 Å². The van der Waals surface area contributed by atoms with E-state index < -0.39 is 24.7 Å². The minimum atomic E-state index is -4.43. The molecule has 2 heterocycles. The van der Waals surface area contributed by atoms with Crippen molar-refractivity contribution in [3.8, 4) is 0 Å². The lowest BCUT2D eigenvalue weighted by Gasteiger charge is -2.35. The van der Waals surface area contributed by atoms with Gasteiger partial charge in [-0.15, -0.1) is 5.10 Å². The molecule has 130 valence electrons. The molecule has 10 heteroatoms. The highest BCUT2D eigenvalue weighted by Crippen LogP contribution is 2.25. The van der Waals surface area contributed by atoms with E-state index in [0.717, 1.165) is 0 Å². The monoisotopic (exact) mass is 335 g/mol. The molecule has 1 aromatic heterocycles. The van der Waals surface area contributed by atoms with E-state index in [1.807, 2.05) is 0 Å². The van der Waals surface area contributed by atoms with Crippen LogP contribution in [0, 0.1) is 6.92 Å². The second-order valence-corrected chi connectivity index (χ2v) is 5.25. The highest BCUT2D eigenvalue weighted by atomic mass is 19.4. The minimum absolute atomic E-state index is 0.188. The number of nitrogens with one attached hydrogen (secondary N) is 1. The number of amides is 1. The van der Waals surface area contributed by atoms with Crippen LogP contribution in [0.15, 0.2) is 0 Å². The number of alkyl halides is 3. The highest BCUT2D eigenvalue weighted by molar-refractivity contribution is 5.93. The Morgan fingerprint density at radius 2 is 2.04 bits per heavy atom. The maximum absolute atomic E-state index is 13.3. The zero-order valence-corrected chi connectivity index (χ0v) is 13.1. The molecule has 23 heavy (non-hydrogen) atoms. The molecule has 0 aromatic carbocycles. The molecule has 1 atom stereocenters. The van der Waals surface area contributed by atoms with E-state index in [2.05, 4.69) is 15.6 Å². The fraction of sp³-hybridized carbons (Fsp3) is 0.769. The number of hydrogen-bond acceptors (Lipinski definition) is 5. The Hall–Kier alpha value is -1.68. The maximum Gasteiger partial charge on any atom is 0.405 e. The summed E-state index contributed by atoms with van der Waals surface area (Å²) in [5, 5.41) is 9.92. The lowest BCUT2D eigenvalue weighted by molar-refractivity contribution is -0.189. The summed E-state index contributed by atoms with van der Waals surface area (Å²) >= 11 is 0. The van der Waals surface area contributed by atoms with E-state index >= 15 is 0 Å². The average Bonchev–Trinajstić information content (AvgIpc) is 2.88. The van der Waals surface area contributed by atoms with Crippen LogP contribution in [0.25, 0.3) is 0 Å². The van der Waals surface area contributed by atoms with Crippen LogP contribution in [0.5, 0.6) is 0 Å². The zero-order valence-electron chi connectivity index (χ0n) is 13.1. The molecule has 0 spiro atoms.